The third kappa shape index (κ3) is 4.69. The molecule has 0 bridgehead atoms. The normalized spacial score (nSPS) is 18.7. The second-order valence-electron chi connectivity index (χ2n) is 5.21. The number of carbonyl (C=O) groups is 1. The van der Waals surface area contributed by atoms with E-state index in [-0.39, 0.29) is 30.8 Å². The number of likely N-dealkylation sites (tertiary alicyclic amines) is 1. The Morgan fingerprint density at radius 1 is 1.27 bits per heavy atom. The summed E-state index contributed by atoms with van der Waals surface area (Å²) in [6.07, 6.45) is -2.89. The van der Waals surface area contributed by atoms with Crippen molar-refractivity contribution in [1.29, 1.82) is 0 Å². The van der Waals surface area contributed by atoms with Gasteiger partial charge >= 0.3 is 6.18 Å². The number of ether oxygens (including phenoxy) is 1. The molecule has 1 saturated heterocycles. The average Bonchev–Trinajstić information content (AvgIpc) is 2.92. The first-order valence-electron chi connectivity index (χ1n) is 7.06. The molecule has 1 heterocycles. The van der Waals surface area contributed by atoms with E-state index in [0.717, 1.165) is 18.4 Å². The van der Waals surface area contributed by atoms with E-state index in [1.807, 2.05) is 0 Å². The molecule has 1 atom stereocenters. The van der Waals surface area contributed by atoms with Gasteiger partial charge in [0.2, 0.25) is 5.91 Å². The maximum absolute atomic E-state index is 12.9. The predicted octanol–water partition coefficient (Wildman–Crippen LogP) is 3.46. The average molecular weight is 319 g/mol. The Labute approximate surface area is 125 Å². The Hall–Kier alpha value is -1.63. The third-order valence-corrected chi connectivity index (χ3v) is 3.55. The highest BCUT2D eigenvalue weighted by Crippen LogP contribution is 2.32. The second kappa shape index (κ2) is 7.09. The summed E-state index contributed by atoms with van der Waals surface area (Å²) >= 11 is 0. The van der Waals surface area contributed by atoms with Crippen molar-refractivity contribution in [1.82, 2.24) is 4.90 Å². The minimum atomic E-state index is -4.38. The smallest absolute Gasteiger partial charge is 0.372 e. The Bertz CT molecular complexity index is 501. The van der Waals surface area contributed by atoms with E-state index in [9.17, 15) is 22.4 Å². The monoisotopic (exact) mass is 319 g/mol. The molecule has 1 amide bonds. The van der Waals surface area contributed by atoms with Gasteiger partial charge in [0.15, 0.2) is 0 Å². The molecule has 0 radical (unpaired) electrons. The van der Waals surface area contributed by atoms with Crippen LogP contribution in [0.2, 0.25) is 0 Å². The lowest BCUT2D eigenvalue weighted by Gasteiger charge is -2.25. The molecular formula is C15H17F4NO2. The molecule has 1 aromatic carbocycles. The van der Waals surface area contributed by atoms with Gasteiger partial charge in [-0.1, -0.05) is 12.1 Å². The molecule has 1 aromatic rings. The maximum Gasteiger partial charge on any atom is 0.411 e. The van der Waals surface area contributed by atoms with Gasteiger partial charge in [-0.15, -0.1) is 0 Å². The highest BCUT2D eigenvalue weighted by atomic mass is 19.4. The molecule has 0 spiro atoms. The Balaban J connectivity index is 1.87. The molecule has 0 N–H and O–H groups in total. The van der Waals surface area contributed by atoms with Gasteiger partial charge in [0, 0.05) is 6.54 Å². The van der Waals surface area contributed by atoms with E-state index in [1.165, 1.54) is 12.1 Å². The largest absolute Gasteiger partial charge is 0.411 e. The summed E-state index contributed by atoms with van der Waals surface area (Å²) in [5.74, 6) is -0.589. The minimum Gasteiger partial charge on any atom is -0.372 e. The quantitative estimate of drug-likeness (QED) is 0.614. The molecule has 22 heavy (non-hydrogen) atoms. The van der Waals surface area contributed by atoms with Gasteiger partial charge in [0.05, 0.1) is 19.1 Å². The van der Waals surface area contributed by atoms with Crippen LogP contribution in [0.25, 0.3) is 0 Å². The van der Waals surface area contributed by atoms with E-state index < -0.39 is 12.8 Å². The fraction of sp³-hybridized carbons (Fsp3) is 0.533. The summed E-state index contributed by atoms with van der Waals surface area (Å²) in [5.41, 5.74) is 0.837. The zero-order valence-corrected chi connectivity index (χ0v) is 11.9. The Kier molecular flexibility index (Phi) is 5.39. The van der Waals surface area contributed by atoms with Gasteiger partial charge in [-0.25, -0.2) is 4.39 Å². The first kappa shape index (κ1) is 16.7. The SMILES string of the molecule is O=C(CCOCC(F)(F)F)N1CCCC1c1ccc(F)cc1. The van der Waals surface area contributed by atoms with Crippen molar-refractivity contribution in [3.8, 4) is 0 Å². The number of alkyl halides is 3. The van der Waals surface area contributed by atoms with Crippen molar-refractivity contribution < 1.29 is 27.1 Å². The first-order valence-corrected chi connectivity index (χ1v) is 7.06. The summed E-state index contributed by atoms with van der Waals surface area (Å²) in [6.45, 7) is -1.05. The number of hydrogen-bond acceptors (Lipinski definition) is 2. The molecular weight excluding hydrogens is 302 g/mol. The number of rotatable bonds is 5. The van der Waals surface area contributed by atoms with Gasteiger partial charge in [-0.3, -0.25) is 4.79 Å². The van der Waals surface area contributed by atoms with Crippen LogP contribution in [0.3, 0.4) is 0 Å². The lowest BCUT2D eigenvalue weighted by molar-refractivity contribution is -0.175. The number of halogens is 4. The van der Waals surface area contributed by atoms with Gasteiger partial charge in [0.1, 0.15) is 12.4 Å². The summed E-state index contributed by atoms with van der Waals surface area (Å²) in [6, 6.07) is 5.79. The first-order chi connectivity index (χ1) is 10.4. The van der Waals surface area contributed by atoms with Crippen molar-refractivity contribution in [3.05, 3.63) is 35.6 Å². The van der Waals surface area contributed by atoms with Crippen molar-refractivity contribution >= 4 is 5.91 Å². The molecule has 1 fully saturated rings. The summed E-state index contributed by atoms with van der Waals surface area (Å²) in [4.78, 5) is 13.7. The van der Waals surface area contributed by atoms with Crippen LogP contribution in [-0.2, 0) is 9.53 Å². The van der Waals surface area contributed by atoms with Crippen LogP contribution >= 0.6 is 0 Å². The van der Waals surface area contributed by atoms with E-state index in [1.54, 1.807) is 17.0 Å². The van der Waals surface area contributed by atoms with Gasteiger partial charge in [0.25, 0.3) is 0 Å². The molecule has 0 aliphatic carbocycles. The highest BCUT2D eigenvalue weighted by molar-refractivity contribution is 5.77. The molecule has 0 saturated carbocycles. The van der Waals surface area contributed by atoms with Crippen LogP contribution in [0.15, 0.2) is 24.3 Å². The molecule has 1 aliphatic rings. The van der Waals surface area contributed by atoms with Gasteiger partial charge in [-0.05, 0) is 30.5 Å². The minimum absolute atomic E-state index is 0.0895. The Morgan fingerprint density at radius 2 is 1.95 bits per heavy atom. The number of nitrogens with zero attached hydrogens (tertiary/aromatic N) is 1. The molecule has 122 valence electrons. The van der Waals surface area contributed by atoms with Crippen molar-refractivity contribution in [2.45, 2.75) is 31.5 Å². The third-order valence-electron chi connectivity index (χ3n) is 3.55. The van der Waals surface area contributed by atoms with Crippen molar-refractivity contribution in [3.63, 3.8) is 0 Å². The molecule has 3 nitrogen and oxygen atoms in total. The van der Waals surface area contributed by atoms with Crippen LogP contribution in [0.1, 0.15) is 30.9 Å². The number of amides is 1. The molecule has 1 aliphatic heterocycles. The number of hydrogen-bond donors (Lipinski definition) is 0. The second-order valence-corrected chi connectivity index (χ2v) is 5.21. The van der Waals surface area contributed by atoms with E-state index in [4.69, 9.17) is 0 Å². The van der Waals surface area contributed by atoms with Gasteiger partial charge in [-0.2, -0.15) is 13.2 Å². The lowest BCUT2D eigenvalue weighted by Crippen LogP contribution is -2.31. The van der Waals surface area contributed by atoms with E-state index in [2.05, 4.69) is 4.74 Å². The van der Waals surface area contributed by atoms with Gasteiger partial charge < -0.3 is 9.64 Å². The van der Waals surface area contributed by atoms with E-state index >= 15 is 0 Å². The standard InChI is InChI=1S/C15H17F4NO2/c16-12-5-3-11(4-6-12)13-2-1-8-20(13)14(21)7-9-22-10-15(17,18)19/h3-6,13H,1-2,7-10H2. The highest BCUT2D eigenvalue weighted by Gasteiger charge is 2.30. The number of benzene rings is 1. The number of carbonyl (C=O) groups excluding carboxylic acids is 1. The van der Waals surface area contributed by atoms with Crippen molar-refractivity contribution in [2.24, 2.45) is 0 Å². The van der Waals surface area contributed by atoms with E-state index in [0.29, 0.717) is 6.54 Å². The molecule has 7 heteroatoms. The fourth-order valence-corrected chi connectivity index (χ4v) is 2.59. The molecule has 0 aromatic heterocycles. The summed E-state index contributed by atoms with van der Waals surface area (Å²) in [5, 5.41) is 0. The van der Waals surface area contributed by atoms with Crippen LogP contribution in [0, 0.1) is 5.82 Å². The molecule has 2 rings (SSSR count). The van der Waals surface area contributed by atoms with Crippen LogP contribution in [0.5, 0.6) is 0 Å². The summed E-state index contributed by atoms with van der Waals surface area (Å²) in [7, 11) is 0. The maximum atomic E-state index is 12.9. The topological polar surface area (TPSA) is 29.5 Å². The van der Waals surface area contributed by atoms with Crippen LogP contribution in [-0.4, -0.2) is 36.7 Å². The zero-order chi connectivity index (χ0) is 16.2. The summed E-state index contributed by atoms with van der Waals surface area (Å²) < 4.78 is 53.2. The lowest BCUT2D eigenvalue weighted by atomic mass is 10.0. The van der Waals surface area contributed by atoms with Crippen LogP contribution < -0.4 is 0 Å². The fourth-order valence-electron chi connectivity index (χ4n) is 2.59. The van der Waals surface area contributed by atoms with Crippen LogP contribution in [0.4, 0.5) is 17.6 Å². The predicted molar refractivity (Wildman–Crippen MR) is 71.6 cm³/mol. The Morgan fingerprint density at radius 3 is 2.59 bits per heavy atom. The van der Waals surface area contributed by atoms with Crippen molar-refractivity contribution in [2.75, 3.05) is 19.8 Å². The zero-order valence-electron chi connectivity index (χ0n) is 11.9. The molecule has 1 unspecified atom stereocenters.